The van der Waals surface area contributed by atoms with Gasteiger partial charge in [0, 0.05) is 18.2 Å². The molecular formula is C13H20F3NO2. The highest BCUT2D eigenvalue weighted by molar-refractivity contribution is 5.20. The lowest BCUT2D eigenvalue weighted by molar-refractivity contribution is -0.146. The van der Waals surface area contributed by atoms with E-state index in [1.807, 2.05) is 26.8 Å². The topological polar surface area (TPSA) is 34.4 Å². The molecule has 1 aromatic rings. The number of ether oxygens (including phenoxy) is 1. The van der Waals surface area contributed by atoms with Gasteiger partial charge in [0.05, 0.1) is 13.0 Å². The van der Waals surface area contributed by atoms with Crippen molar-refractivity contribution in [2.24, 2.45) is 0 Å². The van der Waals surface area contributed by atoms with E-state index in [2.05, 4.69) is 5.32 Å². The summed E-state index contributed by atoms with van der Waals surface area (Å²) >= 11 is 0. The first-order valence-electron chi connectivity index (χ1n) is 6.24. The first-order valence-corrected chi connectivity index (χ1v) is 6.24. The van der Waals surface area contributed by atoms with Crippen LogP contribution < -0.4 is 5.32 Å². The van der Waals surface area contributed by atoms with E-state index in [-0.39, 0.29) is 13.2 Å². The Hall–Kier alpha value is -1.01. The van der Waals surface area contributed by atoms with Crippen molar-refractivity contribution in [2.45, 2.75) is 52.6 Å². The summed E-state index contributed by atoms with van der Waals surface area (Å²) in [6, 6.07) is 2.18. The zero-order valence-electron chi connectivity index (χ0n) is 11.4. The van der Waals surface area contributed by atoms with Gasteiger partial charge in [-0.05, 0) is 13.0 Å². The van der Waals surface area contributed by atoms with Gasteiger partial charge in [-0.1, -0.05) is 13.8 Å². The molecule has 0 fully saturated rings. The smallest absolute Gasteiger partial charge is 0.391 e. The highest BCUT2D eigenvalue weighted by Gasteiger charge is 2.26. The van der Waals surface area contributed by atoms with Crippen LogP contribution in [0.4, 0.5) is 13.2 Å². The number of hydrogen-bond donors (Lipinski definition) is 1. The van der Waals surface area contributed by atoms with Gasteiger partial charge < -0.3 is 14.5 Å². The Bertz CT molecular complexity index is 386. The maximum absolute atomic E-state index is 11.9. The molecule has 1 N–H and O–H groups in total. The SMILES string of the molecule is Cc1oc(COCCC(F)(F)F)cc1CNC(C)C. The van der Waals surface area contributed by atoms with Gasteiger partial charge >= 0.3 is 6.18 Å². The van der Waals surface area contributed by atoms with E-state index in [9.17, 15) is 13.2 Å². The maximum atomic E-state index is 11.9. The molecule has 0 aliphatic heterocycles. The van der Waals surface area contributed by atoms with Crippen molar-refractivity contribution in [1.82, 2.24) is 5.32 Å². The van der Waals surface area contributed by atoms with Gasteiger partial charge in [-0.15, -0.1) is 0 Å². The molecule has 0 saturated carbocycles. The first-order chi connectivity index (χ1) is 8.78. The predicted molar refractivity (Wildman–Crippen MR) is 65.7 cm³/mol. The molecule has 0 radical (unpaired) electrons. The Labute approximate surface area is 111 Å². The molecule has 0 spiro atoms. The van der Waals surface area contributed by atoms with Crippen molar-refractivity contribution >= 4 is 0 Å². The number of rotatable bonds is 7. The molecule has 1 heterocycles. The Morgan fingerprint density at radius 2 is 2.05 bits per heavy atom. The lowest BCUT2D eigenvalue weighted by Gasteiger charge is -2.06. The third kappa shape index (κ3) is 6.63. The number of halogens is 3. The van der Waals surface area contributed by atoms with Crippen LogP contribution >= 0.6 is 0 Å². The Balaban J connectivity index is 2.37. The van der Waals surface area contributed by atoms with E-state index in [1.165, 1.54) is 0 Å². The minimum atomic E-state index is -4.18. The summed E-state index contributed by atoms with van der Waals surface area (Å²) in [6.45, 7) is 6.31. The third-order valence-corrected chi connectivity index (χ3v) is 2.55. The number of furan rings is 1. The minimum Gasteiger partial charge on any atom is -0.464 e. The fourth-order valence-electron chi connectivity index (χ4n) is 1.51. The average molecular weight is 279 g/mol. The van der Waals surface area contributed by atoms with E-state index in [0.717, 1.165) is 11.3 Å². The molecule has 6 heteroatoms. The zero-order chi connectivity index (χ0) is 14.5. The molecule has 1 aromatic heterocycles. The molecule has 110 valence electrons. The molecule has 0 aliphatic rings. The average Bonchev–Trinajstić information content (AvgIpc) is 2.61. The quantitative estimate of drug-likeness (QED) is 0.775. The van der Waals surface area contributed by atoms with E-state index in [4.69, 9.17) is 9.15 Å². The van der Waals surface area contributed by atoms with Crippen molar-refractivity contribution < 1.29 is 22.3 Å². The van der Waals surface area contributed by atoms with E-state index in [0.29, 0.717) is 18.3 Å². The fraction of sp³-hybridized carbons (Fsp3) is 0.692. The second-order valence-corrected chi connectivity index (χ2v) is 4.75. The van der Waals surface area contributed by atoms with Crippen LogP contribution in [0.2, 0.25) is 0 Å². The predicted octanol–water partition coefficient (Wildman–Crippen LogP) is 3.56. The van der Waals surface area contributed by atoms with E-state index < -0.39 is 12.6 Å². The van der Waals surface area contributed by atoms with Crippen LogP contribution in [0.3, 0.4) is 0 Å². The van der Waals surface area contributed by atoms with Gasteiger partial charge in [0.15, 0.2) is 0 Å². The Morgan fingerprint density at radius 3 is 2.63 bits per heavy atom. The number of aryl methyl sites for hydroxylation is 1. The lowest BCUT2D eigenvalue weighted by Crippen LogP contribution is -2.21. The molecule has 0 aromatic carbocycles. The molecular weight excluding hydrogens is 259 g/mol. The van der Waals surface area contributed by atoms with Crippen molar-refractivity contribution in [1.29, 1.82) is 0 Å². The Kier molecular flexibility index (Phi) is 5.87. The first kappa shape index (κ1) is 16.0. The number of nitrogens with one attached hydrogen (secondary N) is 1. The molecule has 1 rings (SSSR count). The monoisotopic (exact) mass is 279 g/mol. The van der Waals surface area contributed by atoms with Gasteiger partial charge in [0.1, 0.15) is 18.1 Å². The molecule has 0 amide bonds. The molecule has 3 nitrogen and oxygen atoms in total. The van der Waals surface area contributed by atoms with Crippen molar-refractivity contribution in [3.8, 4) is 0 Å². The molecule has 19 heavy (non-hydrogen) atoms. The normalized spacial score (nSPS) is 12.4. The van der Waals surface area contributed by atoms with Gasteiger partial charge in [0.25, 0.3) is 0 Å². The van der Waals surface area contributed by atoms with Crippen molar-refractivity contribution in [2.75, 3.05) is 6.61 Å². The van der Waals surface area contributed by atoms with Crippen LogP contribution in [0.5, 0.6) is 0 Å². The minimum absolute atomic E-state index is 0.0681. The lowest BCUT2D eigenvalue weighted by atomic mass is 10.2. The second kappa shape index (κ2) is 6.96. The van der Waals surface area contributed by atoms with E-state index >= 15 is 0 Å². The molecule has 0 aliphatic carbocycles. The fourth-order valence-corrected chi connectivity index (χ4v) is 1.51. The third-order valence-electron chi connectivity index (χ3n) is 2.55. The summed E-state index contributed by atoms with van der Waals surface area (Å²) in [5.74, 6) is 1.32. The Morgan fingerprint density at radius 1 is 1.37 bits per heavy atom. The largest absolute Gasteiger partial charge is 0.464 e. The van der Waals surface area contributed by atoms with Gasteiger partial charge in [-0.3, -0.25) is 0 Å². The number of alkyl halides is 3. The summed E-state index contributed by atoms with van der Waals surface area (Å²) < 4.78 is 46.1. The summed E-state index contributed by atoms with van der Waals surface area (Å²) in [5, 5.41) is 3.25. The van der Waals surface area contributed by atoms with Crippen molar-refractivity contribution in [3.63, 3.8) is 0 Å². The zero-order valence-corrected chi connectivity index (χ0v) is 11.4. The number of hydrogen-bond acceptors (Lipinski definition) is 3. The van der Waals surface area contributed by atoms with Crippen LogP contribution in [-0.4, -0.2) is 18.8 Å². The van der Waals surface area contributed by atoms with Gasteiger partial charge in [0.2, 0.25) is 0 Å². The van der Waals surface area contributed by atoms with Crippen molar-refractivity contribution in [3.05, 3.63) is 23.2 Å². The molecule has 0 unspecified atom stereocenters. The summed E-state index contributed by atoms with van der Waals surface area (Å²) in [7, 11) is 0. The second-order valence-electron chi connectivity index (χ2n) is 4.75. The molecule has 0 saturated heterocycles. The highest BCUT2D eigenvalue weighted by atomic mass is 19.4. The molecule has 0 bridgehead atoms. The van der Waals surface area contributed by atoms with Crippen LogP contribution in [0.1, 0.15) is 37.4 Å². The van der Waals surface area contributed by atoms with Gasteiger partial charge in [-0.25, -0.2) is 0 Å². The maximum Gasteiger partial charge on any atom is 0.391 e. The van der Waals surface area contributed by atoms with Crippen LogP contribution in [-0.2, 0) is 17.9 Å². The van der Waals surface area contributed by atoms with Gasteiger partial charge in [-0.2, -0.15) is 13.2 Å². The summed E-state index contributed by atoms with van der Waals surface area (Å²) in [6.07, 6.45) is -5.11. The highest BCUT2D eigenvalue weighted by Crippen LogP contribution is 2.20. The van der Waals surface area contributed by atoms with Crippen LogP contribution in [0.25, 0.3) is 0 Å². The van der Waals surface area contributed by atoms with Crippen LogP contribution in [0.15, 0.2) is 10.5 Å². The van der Waals surface area contributed by atoms with Crippen LogP contribution in [0, 0.1) is 6.92 Å². The standard InChI is InChI=1S/C13H20F3NO2/c1-9(2)17-7-11-6-12(19-10(11)3)8-18-5-4-13(14,15)16/h6,9,17H,4-5,7-8H2,1-3H3. The molecule has 0 atom stereocenters. The summed E-state index contributed by atoms with van der Waals surface area (Å²) in [4.78, 5) is 0. The summed E-state index contributed by atoms with van der Waals surface area (Å²) in [5.41, 5.74) is 1.00. The van der Waals surface area contributed by atoms with E-state index in [1.54, 1.807) is 0 Å².